The summed E-state index contributed by atoms with van der Waals surface area (Å²) in [6.07, 6.45) is 6.85. The van der Waals surface area contributed by atoms with Crippen molar-refractivity contribution < 1.29 is 9.47 Å². The van der Waals surface area contributed by atoms with Crippen molar-refractivity contribution in [3.63, 3.8) is 0 Å². The molecule has 0 spiro atoms. The number of rotatable bonds is 9. The van der Waals surface area contributed by atoms with Crippen LogP contribution in [0, 0.1) is 0 Å². The molecule has 0 bridgehead atoms. The zero-order chi connectivity index (χ0) is 17.4. The van der Waals surface area contributed by atoms with Gasteiger partial charge in [0, 0.05) is 49.9 Å². The average molecular weight is 332 g/mol. The van der Waals surface area contributed by atoms with E-state index in [1.54, 1.807) is 14.2 Å². The molecular formula is C18H28N4O2. The highest BCUT2D eigenvalue weighted by Gasteiger charge is 2.28. The summed E-state index contributed by atoms with van der Waals surface area (Å²) in [4.78, 5) is 0. The number of methoxy groups -OCH3 is 2. The summed E-state index contributed by atoms with van der Waals surface area (Å²) >= 11 is 0. The van der Waals surface area contributed by atoms with Crippen LogP contribution in [0.3, 0.4) is 0 Å². The van der Waals surface area contributed by atoms with E-state index in [-0.39, 0.29) is 0 Å². The monoisotopic (exact) mass is 332 g/mol. The van der Waals surface area contributed by atoms with Gasteiger partial charge in [-0.25, -0.2) is 0 Å². The van der Waals surface area contributed by atoms with E-state index in [1.165, 1.54) is 0 Å². The number of nitrogens with one attached hydrogen (secondary N) is 2. The van der Waals surface area contributed by atoms with E-state index < -0.39 is 5.54 Å². The van der Waals surface area contributed by atoms with E-state index in [9.17, 15) is 0 Å². The highest BCUT2D eigenvalue weighted by Crippen LogP contribution is 2.34. The molecule has 0 saturated carbocycles. The fourth-order valence-electron chi connectivity index (χ4n) is 2.67. The number of benzene rings is 1. The minimum Gasteiger partial charge on any atom is -0.399 e. The Bertz CT molecular complexity index is 601. The van der Waals surface area contributed by atoms with Crippen LogP contribution in [0.15, 0.2) is 42.1 Å². The van der Waals surface area contributed by atoms with Crippen molar-refractivity contribution in [2.45, 2.75) is 12.0 Å². The van der Waals surface area contributed by atoms with E-state index >= 15 is 0 Å². The van der Waals surface area contributed by atoms with E-state index in [2.05, 4.69) is 16.7 Å². The molecular weight excluding hydrogens is 304 g/mol. The Morgan fingerprint density at radius 1 is 1.12 bits per heavy atom. The van der Waals surface area contributed by atoms with Gasteiger partial charge in [0.2, 0.25) is 0 Å². The summed E-state index contributed by atoms with van der Waals surface area (Å²) in [6.45, 7) is 2.78. The Morgan fingerprint density at radius 2 is 1.83 bits per heavy atom. The van der Waals surface area contributed by atoms with Crippen molar-refractivity contribution in [2.24, 2.45) is 5.73 Å². The molecule has 0 amide bonds. The first-order chi connectivity index (χ1) is 11.6. The molecule has 6 nitrogen and oxygen atoms in total. The van der Waals surface area contributed by atoms with E-state index in [0.717, 1.165) is 23.5 Å². The lowest BCUT2D eigenvalue weighted by molar-refractivity contribution is 0.202. The van der Waals surface area contributed by atoms with Crippen molar-refractivity contribution in [1.82, 2.24) is 5.32 Å². The summed E-state index contributed by atoms with van der Waals surface area (Å²) in [6, 6.07) is 5.79. The van der Waals surface area contributed by atoms with Gasteiger partial charge in [0.15, 0.2) is 0 Å². The Labute approximate surface area is 143 Å². The molecule has 132 valence electrons. The first-order valence-electron chi connectivity index (χ1n) is 8.13. The largest absolute Gasteiger partial charge is 0.399 e. The third-order valence-electron chi connectivity index (χ3n) is 4.02. The first kappa shape index (κ1) is 18.3. The Hall–Kier alpha value is -2.02. The molecule has 6 N–H and O–H groups in total. The first-order valence-corrected chi connectivity index (χ1v) is 8.13. The molecule has 2 rings (SSSR count). The standard InChI is InChI=1S/C18H28N4O2/c1-23-11-9-21-15-5-7-18(20,8-6-15)16-13-14(19)3-4-17(16)22-10-12-24-2/h3-7,13,21-22H,8-12,19-20H2,1-2H3. The Balaban J connectivity index is 2.13. The fourth-order valence-corrected chi connectivity index (χ4v) is 2.67. The highest BCUT2D eigenvalue weighted by molar-refractivity contribution is 5.62. The summed E-state index contributed by atoms with van der Waals surface area (Å²) in [5, 5.41) is 6.69. The smallest absolute Gasteiger partial charge is 0.0656 e. The summed E-state index contributed by atoms with van der Waals surface area (Å²) in [5.74, 6) is 0. The Morgan fingerprint density at radius 3 is 2.46 bits per heavy atom. The topological polar surface area (TPSA) is 94.6 Å². The van der Waals surface area contributed by atoms with Crippen molar-refractivity contribution >= 4 is 11.4 Å². The van der Waals surface area contributed by atoms with E-state index in [4.69, 9.17) is 20.9 Å². The zero-order valence-electron chi connectivity index (χ0n) is 14.5. The molecule has 1 aromatic carbocycles. The number of nitrogens with two attached hydrogens (primary N) is 2. The quantitative estimate of drug-likeness (QED) is 0.405. The van der Waals surface area contributed by atoms with Gasteiger partial charge in [0.05, 0.1) is 18.8 Å². The average Bonchev–Trinajstić information content (AvgIpc) is 2.58. The van der Waals surface area contributed by atoms with Gasteiger partial charge in [-0.2, -0.15) is 0 Å². The number of hydrogen-bond donors (Lipinski definition) is 4. The second kappa shape index (κ2) is 8.73. The third-order valence-corrected chi connectivity index (χ3v) is 4.02. The molecule has 0 fully saturated rings. The van der Waals surface area contributed by atoms with Crippen molar-refractivity contribution in [2.75, 3.05) is 51.6 Å². The van der Waals surface area contributed by atoms with Crippen LogP contribution in [-0.2, 0) is 15.0 Å². The van der Waals surface area contributed by atoms with Gasteiger partial charge in [0.25, 0.3) is 0 Å². The molecule has 1 atom stereocenters. The lowest BCUT2D eigenvalue weighted by atomic mass is 9.83. The van der Waals surface area contributed by atoms with Crippen LogP contribution in [0.5, 0.6) is 0 Å². The maximum atomic E-state index is 6.66. The summed E-state index contributed by atoms with van der Waals surface area (Å²) in [7, 11) is 3.37. The van der Waals surface area contributed by atoms with Gasteiger partial charge in [-0.3, -0.25) is 0 Å². The van der Waals surface area contributed by atoms with E-state index in [1.807, 2.05) is 30.4 Å². The van der Waals surface area contributed by atoms with Gasteiger partial charge in [0.1, 0.15) is 0 Å². The zero-order valence-corrected chi connectivity index (χ0v) is 14.5. The van der Waals surface area contributed by atoms with Crippen LogP contribution < -0.4 is 22.1 Å². The Kier molecular flexibility index (Phi) is 6.66. The second-order valence-electron chi connectivity index (χ2n) is 5.88. The number of anilines is 2. The van der Waals surface area contributed by atoms with Crippen LogP contribution in [0.1, 0.15) is 12.0 Å². The molecule has 24 heavy (non-hydrogen) atoms. The second-order valence-corrected chi connectivity index (χ2v) is 5.88. The molecule has 1 aliphatic carbocycles. The van der Waals surface area contributed by atoms with Crippen molar-refractivity contribution in [3.8, 4) is 0 Å². The van der Waals surface area contributed by atoms with Gasteiger partial charge in [-0.1, -0.05) is 12.2 Å². The predicted octanol–water partition coefficient (Wildman–Crippen LogP) is 1.56. The normalized spacial score (nSPS) is 19.9. The van der Waals surface area contributed by atoms with Crippen LogP contribution in [0.2, 0.25) is 0 Å². The minimum atomic E-state index is -0.586. The van der Waals surface area contributed by atoms with Gasteiger partial charge in [-0.05, 0) is 30.7 Å². The maximum absolute atomic E-state index is 6.66. The molecule has 1 aliphatic rings. The van der Waals surface area contributed by atoms with Crippen LogP contribution in [-0.4, -0.2) is 40.5 Å². The lowest BCUT2D eigenvalue weighted by Gasteiger charge is -2.31. The number of hydrogen-bond acceptors (Lipinski definition) is 6. The van der Waals surface area contributed by atoms with Crippen molar-refractivity contribution in [3.05, 3.63) is 47.7 Å². The number of ether oxygens (including phenoxy) is 2. The minimum absolute atomic E-state index is 0.586. The van der Waals surface area contributed by atoms with Crippen LogP contribution in [0.25, 0.3) is 0 Å². The summed E-state index contributed by atoms with van der Waals surface area (Å²) in [5.41, 5.74) is 15.8. The number of allylic oxidation sites excluding steroid dienone is 1. The molecule has 1 unspecified atom stereocenters. The molecule has 0 aliphatic heterocycles. The molecule has 0 saturated heterocycles. The van der Waals surface area contributed by atoms with E-state index in [0.29, 0.717) is 31.9 Å². The number of nitrogen functional groups attached to an aromatic ring is 1. The molecule has 1 aromatic rings. The van der Waals surface area contributed by atoms with Crippen LogP contribution >= 0.6 is 0 Å². The van der Waals surface area contributed by atoms with Gasteiger partial charge >= 0.3 is 0 Å². The summed E-state index contributed by atoms with van der Waals surface area (Å²) < 4.78 is 10.1. The third kappa shape index (κ3) is 4.74. The maximum Gasteiger partial charge on any atom is 0.0656 e. The molecule has 0 heterocycles. The highest BCUT2D eigenvalue weighted by atomic mass is 16.5. The van der Waals surface area contributed by atoms with Crippen molar-refractivity contribution in [1.29, 1.82) is 0 Å². The molecule has 0 radical (unpaired) electrons. The van der Waals surface area contributed by atoms with Gasteiger partial charge < -0.3 is 31.6 Å². The van der Waals surface area contributed by atoms with Gasteiger partial charge in [-0.15, -0.1) is 0 Å². The molecule has 6 heteroatoms. The lowest BCUT2D eigenvalue weighted by Crippen LogP contribution is -2.37. The molecule has 0 aromatic heterocycles. The predicted molar refractivity (Wildman–Crippen MR) is 98.8 cm³/mol. The fraction of sp³-hybridized carbons (Fsp3) is 0.444. The SMILES string of the molecule is COCCNC1=CCC(N)(c2cc(N)ccc2NCCOC)C=C1. The van der Waals surface area contributed by atoms with Crippen LogP contribution in [0.4, 0.5) is 11.4 Å².